The van der Waals surface area contributed by atoms with Crippen molar-refractivity contribution in [3.63, 3.8) is 0 Å². The molecule has 1 rings (SSSR count). The van der Waals surface area contributed by atoms with Crippen LogP contribution < -0.4 is 4.74 Å². The van der Waals surface area contributed by atoms with E-state index in [2.05, 4.69) is 9.72 Å². The molecule has 0 aliphatic rings. The zero-order valence-corrected chi connectivity index (χ0v) is 7.75. The summed E-state index contributed by atoms with van der Waals surface area (Å²) in [6, 6.07) is 4.48. The first-order valence-electron chi connectivity index (χ1n) is 4.03. The molecule has 1 aromatic rings. The van der Waals surface area contributed by atoms with E-state index >= 15 is 0 Å². The van der Waals surface area contributed by atoms with Gasteiger partial charge in [-0.3, -0.25) is 0 Å². The Bertz CT molecular complexity index is 384. The third-order valence-electron chi connectivity index (χ3n) is 1.64. The predicted octanol–water partition coefficient (Wildman–Crippen LogP) is 2.28. The molecule has 1 atom stereocenters. The zero-order valence-electron chi connectivity index (χ0n) is 7.75. The molecule has 15 heavy (non-hydrogen) atoms. The van der Waals surface area contributed by atoms with Crippen LogP contribution in [0.25, 0.3) is 0 Å². The van der Waals surface area contributed by atoms with Gasteiger partial charge in [0.05, 0.1) is 0 Å². The monoisotopic (exact) mass is 216 g/mol. The lowest BCUT2D eigenvalue weighted by Gasteiger charge is -2.17. The van der Waals surface area contributed by atoms with E-state index < -0.39 is 12.3 Å². The van der Waals surface area contributed by atoms with E-state index in [0.29, 0.717) is 0 Å². The Kier molecular flexibility index (Phi) is 3.14. The molecule has 0 amide bonds. The molecule has 6 heteroatoms. The highest BCUT2D eigenvalue weighted by molar-refractivity contribution is 5.37. The van der Waals surface area contributed by atoms with Crippen molar-refractivity contribution in [3.8, 4) is 11.9 Å². The smallest absolute Gasteiger partial charge is 0.425 e. The number of halogens is 3. The van der Waals surface area contributed by atoms with Crippen LogP contribution in [0.15, 0.2) is 18.3 Å². The van der Waals surface area contributed by atoms with Crippen LogP contribution in [0.1, 0.15) is 12.5 Å². The summed E-state index contributed by atoms with van der Waals surface area (Å²) >= 11 is 0. The Morgan fingerprint density at radius 2 is 2.20 bits per heavy atom. The highest BCUT2D eigenvalue weighted by Gasteiger charge is 2.38. The summed E-state index contributed by atoms with van der Waals surface area (Å²) in [5, 5.41) is 8.58. The summed E-state index contributed by atoms with van der Waals surface area (Å²) in [5.74, 6) is -0.301. The first kappa shape index (κ1) is 11.3. The molecule has 0 spiro atoms. The lowest BCUT2D eigenvalue weighted by Crippen LogP contribution is -2.31. The van der Waals surface area contributed by atoms with E-state index in [9.17, 15) is 13.2 Å². The Labute approximate surface area is 84.1 Å². The van der Waals surface area contributed by atoms with Gasteiger partial charge in [0.25, 0.3) is 0 Å². The second-order valence-electron chi connectivity index (χ2n) is 2.77. The van der Waals surface area contributed by atoms with Crippen LogP contribution in [0.3, 0.4) is 0 Å². The number of ether oxygens (including phenoxy) is 1. The van der Waals surface area contributed by atoms with E-state index in [1.807, 2.05) is 0 Å². The maximum absolute atomic E-state index is 12.1. The molecular formula is C9H7F3N2O. The third-order valence-corrected chi connectivity index (χ3v) is 1.64. The Balaban J connectivity index is 2.86. The third kappa shape index (κ3) is 2.84. The van der Waals surface area contributed by atoms with Gasteiger partial charge in [-0.05, 0) is 19.1 Å². The number of nitrogens with zero attached hydrogens (tertiary/aromatic N) is 2. The number of aromatic nitrogens is 1. The van der Waals surface area contributed by atoms with Gasteiger partial charge in [0.15, 0.2) is 6.10 Å². The molecule has 0 aliphatic carbocycles. The van der Waals surface area contributed by atoms with E-state index in [1.165, 1.54) is 18.3 Å². The summed E-state index contributed by atoms with van der Waals surface area (Å²) in [5.41, 5.74) is -0.0198. The molecule has 0 N–H and O–H groups in total. The van der Waals surface area contributed by atoms with Gasteiger partial charge in [-0.25, -0.2) is 4.98 Å². The molecule has 3 nitrogen and oxygen atoms in total. The molecule has 0 fully saturated rings. The van der Waals surface area contributed by atoms with Crippen LogP contribution >= 0.6 is 0 Å². The second kappa shape index (κ2) is 4.17. The summed E-state index contributed by atoms with van der Waals surface area (Å²) in [6.07, 6.45) is -5.19. The number of nitriles is 1. The first-order valence-corrected chi connectivity index (χ1v) is 4.03. The van der Waals surface area contributed by atoms with Crippen molar-refractivity contribution in [2.24, 2.45) is 0 Å². The minimum atomic E-state index is -4.47. The molecule has 1 heterocycles. The number of rotatable bonds is 2. The fraction of sp³-hybridized carbons (Fsp3) is 0.333. The summed E-state index contributed by atoms with van der Waals surface area (Å²) < 4.78 is 40.9. The van der Waals surface area contributed by atoms with Crippen molar-refractivity contribution in [1.29, 1.82) is 5.26 Å². The minimum absolute atomic E-state index is 0.0198. The Morgan fingerprint density at radius 3 is 2.73 bits per heavy atom. The van der Waals surface area contributed by atoms with Gasteiger partial charge in [-0.15, -0.1) is 0 Å². The van der Waals surface area contributed by atoms with Crippen LogP contribution in [0.5, 0.6) is 5.88 Å². The summed E-state index contributed by atoms with van der Waals surface area (Å²) in [4.78, 5) is 3.56. The van der Waals surface area contributed by atoms with Gasteiger partial charge >= 0.3 is 6.18 Å². The fourth-order valence-corrected chi connectivity index (χ4v) is 0.804. The van der Waals surface area contributed by atoms with Gasteiger partial charge in [-0.2, -0.15) is 18.4 Å². The maximum atomic E-state index is 12.1. The molecule has 0 saturated carbocycles. The first-order chi connectivity index (χ1) is 6.95. The molecule has 0 bridgehead atoms. The largest absolute Gasteiger partial charge is 0.464 e. The average molecular weight is 216 g/mol. The van der Waals surface area contributed by atoms with Gasteiger partial charge in [-0.1, -0.05) is 0 Å². The number of hydrogen-bond acceptors (Lipinski definition) is 3. The molecule has 0 aliphatic heterocycles. The molecular weight excluding hydrogens is 209 g/mol. The predicted molar refractivity (Wildman–Crippen MR) is 45.1 cm³/mol. The minimum Gasteiger partial charge on any atom is -0.464 e. The van der Waals surface area contributed by atoms with E-state index in [4.69, 9.17) is 5.26 Å². The molecule has 80 valence electrons. The topological polar surface area (TPSA) is 45.9 Å². The van der Waals surface area contributed by atoms with Gasteiger partial charge < -0.3 is 4.74 Å². The standard InChI is InChI=1S/C9H7F3N2O/c1-6(9(10,11)12)15-8-7(5-13)3-2-4-14-8/h2-4,6H,1H3/t6-/m0/s1. The van der Waals surface area contributed by atoms with Crippen LogP contribution in [-0.4, -0.2) is 17.3 Å². The second-order valence-corrected chi connectivity index (χ2v) is 2.77. The maximum Gasteiger partial charge on any atom is 0.425 e. The zero-order chi connectivity index (χ0) is 11.5. The summed E-state index contributed by atoms with van der Waals surface area (Å²) in [6.45, 7) is 0.857. The van der Waals surface area contributed by atoms with Crippen molar-refractivity contribution in [3.05, 3.63) is 23.9 Å². The molecule has 0 saturated heterocycles. The van der Waals surface area contributed by atoms with Crippen molar-refractivity contribution in [1.82, 2.24) is 4.98 Å². The van der Waals surface area contributed by atoms with Gasteiger partial charge in [0, 0.05) is 6.20 Å². The van der Waals surface area contributed by atoms with E-state index in [1.54, 1.807) is 6.07 Å². The van der Waals surface area contributed by atoms with E-state index in [0.717, 1.165) is 6.92 Å². The Morgan fingerprint density at radius 1 is 1.53 bits per heavy atom. The fourth-order valence-electron chi connectivity index (χ4n) is 0.804. The molecule has 1 aromatic heterocycles. The van der Waals surface area contributed by atoms with Crippen LogP contribution in [0.2, 0.25) is 0 Å². The quantitative estimate of drug-likeness (QED) is 0.761. The van der Waals surface area contributed by atoms with Crippen molar-refractivity contribution in [2.75, 3.05) is 0 Å². The van der Waals surface area contributed by atoms with Crippen molar-refractivity contribution in [2.45, 2.75) is 19.2 Å². The molecule has 0 aromatic carbocycles. The Hall–Kier alpha value is -1.77. The SMILES string of the molecule is C[C@H](Oc1ncccc1C#N)C(F)(F)F. The van der Waals surface area contributed by atoms with Crippen LogP contribution in [0, 0.1) is 11.3 Å². The summed E-state index contributed by atoms with van der Waals surface area (Å²) in [7, 11) is 0. The normalized spacial score (nSPS) is 13.0. The molecule has 0 unspecified atom stereocenters. The lowest BCUT2D eigenvalue weighted by molar-refractivity contribution is -0.190. The van der Waals surface area contributed by atoms with Crippen LogP contribution in [0.4, 0.5) is 13.2 Å². The molecule has 0 radical (unpaired) electrons. The van der Waals surface area contributed by atoms with Crippen LogP contribution in [-0.2, 0) is 0 Å². The number of pyridine rings is 1. The highest BCUT2D eigenvalue weighted by atomic mass is 19.4. The van der Waals surface area contributed by atoms with E-state index in [-0.39, 0.29) is 11.4 Å². The van der Waals surface area contributed by atoms with Crippen molar-refractivity contribution >= 4 is 0 Å². The van der Waals surface area contributed by atoms with Gasteiger partial charge in [0.2, 0.25) is 5.88 Å². The van der Waals surface area contributed by atoms with Gasteiger partial charge in [0.1, 0.15) is 11.6 Å². The number of alkyl halides is 3. The van der Waals surface area contributed by atoms with Crippen molar-refractivity contribution < 1.29 is 17.9 Å². The average Bonchev–Trinajstić information content (AvgIpc) is 2.17. The number of hydrogen-bond donors (Lipinski definition) is 0. The highest BCUT2D eigenvalue weighted by Crippen LogP contribution is 2.25. The lowest BCUT2D eigenvalue weighted by atomic mass is 10.3.